The fraction of sp³-hybridized carbons (Fsp3) is 0.222. The second-order valence-corrected chi connectivity index (χ2v) is 6.58. The molecule has 0 aliphatic heterocycles. The summed E-state index contributed by atoms with van der Waals surface area (Å²) < 4.78 is 27.9. The van der Waals surface area contributed by atoms with Crippen LogP contribution in [0.3, 0.4) is 0 Å². The van der Waals surface area contributed by atoms with Crippen molar-refractivity contribution < 1.29 is 8.42 Å². The van der Waals surface area contributed by atoms with Gasteiger partial charge in [-0.25, -0.2) is 0 Å². The van der Waals surface area contributed by atoms with Gasteiger partial charge in [0.05, 0.1) is 4.90 Å². The van der Waals surface area contributed by atoms with E-state index >= 15 is 0 Å². The summed E-state index contributed by atoms with van der Waals surface area (Å²) in [4.78, 5) is 0.150. The lowest BCUT2D eigenvalue weighted by molar-refractivity contribution is 0.598. The molecule has 0 aliphatic carbocycles. The van der Waals surface area contributed by atoms with E-state index in [0.29, 0.717) is 9.40 Å². The van der Waals surface area contributed by atoms with Gasteiger partial charge < -0.3 is 0 Å². The molecule has 0 fully saturated rings. The standard InChI is InChI=1S/C9H10ClNO2S3/c1-14-9(15-2)11-16(12,13)8-5-3-7(10)4-6-8/h3-6H,1-2H3. The van der Waals surface area contributed by atoms with Crippen molar-refractivity contribution in [3.63, 3.8) is 0 Å². The lowest BCUT2D eigenvalue weighted by Gasteiger charge is -2.01. The van der Waals surface area contributed by atoms with Crippen LogP contribution in [0.2, 0.25) is 5.02 Å². The third kappa shape index (κ3) is 3.69. The van der Waals surface area contributed by atoms with Gasteiger partial charge >= 0.3 is 0 Å². The Labute approximate surface area is 109 Å². The second kappa shape index (κ2) is 5.95. The molecule has 1 rings (SSSR count). The predicted molar refractivity (Wildman–Crippen MR) is 73.1 cm³/mol. The first-order chi connectivity index (χ1) is 7.49. The Balaban J connectivity index is 3.12. The van der Waals surface area contributed by atoms with E-state index in [2.05, 4.69) is 4.40 Å². The molecule has 0 aromatic heterocycles. The quantitative estimate of drug-likeness (QED) is 0.621. The van der Waals surface area contributed by atoms with Crippen molar-refractivity contribution in [2.45, 2.75) is 4.90 Å². The fourth-order valence-corrected chi connectivity index (χ4v) is 3.67. The number of hydrogen-bond acceptors (Lipinski definition) is 4. The van der Waals surface area contributed by atoms with E-state index in [0.717, 1.165) is 0 Å². The first-order valence-corrected chi connectivity index (χ1v) is 8.45. The zero-order valence-corrected chi connectivity index (χ0v) is 11.9. The second-order valence-electron chi connectivity index (χ2n) is 2.69. The smallest absolute Gasteiger partial charge is 0.199 e. The van der Waals surface area contributed by atoms with E-state index in [1.165, 1.54) is 47.8 Å². The minimum absolute atomic E-state index is 0.150. The largest absolute Gasteiger partial charge is 0.283 e. The molecule has 0 radical (unpaired) electrons. The molecule has 0 aliphatic rings. The lowest BCUT2D eigenvalue weighted by atomic mass is 10.4. The van der Waals surface area contributed by atoms with Crippen molar-refractivity contribution in [3.05, 3.63) is 29.3 Å². The minimum atomic E-state index is -3.61. The van der Waals surface area contributed by atoms with Crippen LogP contribution in [0.5, 0.6) is 0 Å². The molecule has 0 bridgehead atoms. The van der Waals surface area contributed by atoms with E-state index in [1.807, 2.05) is 0 Å². The Morgan fingerprint density at radius 3 is 2.12 bits per heavy atom. The topological polar surface area (TPSA) is 46.5 Å². The fourth-order valence-electron chi connectivity index (χ4n) is 0.915. The van der Waals surface area contributed by atoms with E-state index in [1.54, 1.807) is 12.5 Å². The molecule has 0 atom stereocenters. The zero-order chi connectivity index (χ0) is 12.2. The molecule has 1 aromatic rings. The molecular formula is C9H10ClNO2S3. The Kier molecular flexibility index (Phi) is 5.17. The molecule has 7 heteroatoms. The molecule has 0 saturated heterocycles. The number of halogens is 1. The van der Waals surface area contributed by atoms with E-state index in [9.17, 15) is 8.42 Å². The summed E-state index contributed by atoms with van der Waals surface area (Å²) in [5, 5.41) is 0.498. The number of nitrogens with zero attached hydrogens (tertiary/aromatic N) is 1. The lowest BCUT2D eigenvalue weighted by Crippen LogP contribution is -1.99. The van der Waals surface area contributed by atoms with Crippen molar-refractivity contribution in [1.82, 2.24) is 0 Å². The highest BCUT2D eigenvalue weighted by Gasteiger charge is 2.13. The van der Waals surface area contributed by atoms with E-state index < -0.39 is 10.0 Å². The number of benzene rings is 1. The molecule has 0 unspecified atom stereocenters. The summed E-state index contributed by atoms with van der Waals surface area (Å²) in [6.07, 6.45) is 3.57. The van der Waals surface area contributed by atoms with Crippen molar-refractivity contribution >= 4 is 49.5 Å². The molecule has 88 valence electrons. The highest BCUT2D eigenvalue weighted by Crippen LogP contribution is 2.20. The Morgan fingerprint density at radius 1 is 1.19 bits per heavy atom. The maximum absolute atomic E-state index is 11.8. The van der Waals surface area contributed by atoms with Gasteiger partial charge in [0.25, 0.3) is 10.0 Å². The van der Waals surface area contributed by atoms with Crippen molar-refractivity contribution in [3.8, 4) is 0 Å². The summed E-state index contributed by atoms with van der Waals surface area (Å²) in [7, 11) is -3.61. The van der Waals surface area contributed by atoms with Gasteiger partial charge in [-0.2, -0.15) is 8.42 Å². The molecule has 0 saturated carbocycles. The highest BCUT2D eigenvalue weighted by molar-refractivity contribution is 8.38. The van der Waals surface area contributed by atoms with Gasteiger partial charge in [-0.1, -0.05) is 11.6 Å². The maximum atomic E-state index is 11.8. The van der Waals surface area contributed by atoms with Gasteiger partial charge in [0, 0.05) is 5.02 Å². The number of sulfonamides is 1. The molecule has 0 spiro atoms. The first-order valence-electron chi connectivity index (χ1n) is 4.18. The van der Waals surface area contributed by atoms with Gasteiger partial charge in [0.1, 0.15) is 4.38 Å². The normalized spacial score (nSPS) is 11.2. The van der Waals surface area contributed by atoms with Gasteiger partial charge in [-0.05, 0) is 36.8 Å². The number of hydrogen-bond donors (Lipinski definition) is 0. The van der Waals surface area contributed by atoms with Crippen LogP contribution in [0.4, 0.5) is 0 Å². The summed E-state index contributed by atoms with van der Waals surface area (Å²) in [6, 6.07) is 5.95. The molecule has 0 N–H and O–H groups in total. The molecule has 0 heterocycles. The van der Waals surface area contributed by atoms with Crippen molar-refractivity contribution in [2.75, 3.05) is 12.5 Å². The monoisotopic (exact) mass is 295 g/mol. The Morgan fingerprint density at radius 2 is 1.69 bits per heavy atom. The van der Waals surface area contributed by atoms with E-state index in [-0.39, 0.29) is 4.90 Å². The van der Waals surface area contributed by atoms with Crippen molar-refractivity contribution in [2.24, 2.45) is 4.40 Å². The average Bonchev–Trinajstić information content (AvgIpc) is 2.26. The van der Waals surface area contributed by atoms with Crippen LogP contribution in [-0.2, 0) is 10.0 Å². The number of rotatable bonds is 2. The third-order valence-corrected chi connectivity index (χ3v) is 5.31. The van der Waals surface area contributed by atoms with E-state index in [4.69, 9.17) is 11.6 Å². The molecule has 3 nitrogen and oxygen atoms in total. The zero-order valence-electron chi connectivity index (χ0n) is 8.68. The summed E-state index contributed by atoms with van der Waals surface area (Å²) in [6.45, 7) is 0. The Hall–Kier alpha value is -0.170. The van der Waals surface area contributed by atoms with Crippen molar-refractivity contribution in [1.29, 1.82) is 0 Å². The van der Waals surface area contributed by atoms with Crippen LogP contribution in [0.25, 0.3) is 0 Å². The SMILES string of the molecule is CSC(=NS(=O)(=O)c1ccc(Cl)cc1)SC. The minimum Gasteiger partial charge on any atom is -0.199 e. The highest BCUT2D eigenvalue weighted by atomic mass is 35.5. The maximum Gasteiger partial charge on any atom is 0.283 e. The molecule has 0 amide bonds. The third-order valence-electron chi connectivity index (χ3n) is 1.66. The van der Waals surface area contributed by atoms with Crippen LogP contribution in [0.1, 0.15) is 0 Å². The molecule has 1 aromatic carbocycles. The molecule has 16 heavy (non-hydrogen) atoms. The van der Waals surface area contributed by atoms with Crippen LogP contribution in [-0.4, -0.2) is 25.3 Å². The summed E-state index contributed by atoms with van der Waals surface area (Å²) >= 11 is 8.29. The van der Waals surface area contributed by atoms with Crippen LogP contribution in [0, 0.1) is 0 Å². The Bertz CT molecular complexity index is 476. The molecular weight excluding hydrogens is 286 g/mol. The van der Waals surface area contributed by atoms with Gasteiger partial charge in [0.15, 0.2) is 0 Å². The van der Waals surface area contributed by atoms with Gasteiger partial charge in [-0.3, -0.25) is 0 Å². The van der Waals surface area contributed by atoms with Crippen LogP contribution in [0.15, 0.2) is 33.6 Å². The van der Waals surface area contributed by atoms with Crippen LogP contribution >= 0.6 is 35.1 Å². The van der Waals surface area contributed by atoms with Gasteiger partial charge in [0.2, 0.25) is 0 Å². The van der Waals surface area contributed by atoms with Crippen LogP contribution < -0.4 is 0 Å². The van der Waals surface area contributed by atoms with Gasteiger partial charge in [-0.15, -0.1) is 27.9 Å². The predicted octanol–water partition coefficient (Wildman–Crippen LogP) is 3.11. The first kappa shape index (κ1) is 13.9. The summed E-state index contributed by atoms with van der Waals surface area (Å²) in [5.74, 6) is 0. The summed E-state index contributed by atoms with van der Waals surface area (Å²) in [5.41, 5.74) is 0. The number of thioether (sulfide) groups is 2. The average molecular weight is 296 g/mol.